The van der Waals surface area contributed by atoms with Crippen molar-refractivity contribution in [2.75, 3.05) is 6.61 Å². The molecule has 0 aliphatic heterocycles. The summed E-state index contributed by atoms with van der Waals surface area (Å²) in [6.07, 6.45) is 6.54. The van der Waals surface area contributed by atoms with Crippen LogP contribution in [0.2, 0.25) is 0 Å². The summed E-state index contributed by atoms with van der Waals surface area (Å²) in [5.74, 6) is 0.459. The highest BCUT2D eigenvalue weighted by atomic mass is 16.5. The highest BCUT2D eigenvalue weighted by molar-refractivity contribution is 5.48. The standard InChI is InChI=1S/C16H22O2/c1-2-15(8-6-7-12-17)11-13-18-14-16-9-4-3-5-10-16/h2-5,9-10,12,15H,1,6-8,11,13-14H2. The molecule has 1 rings (SSSR count). The number of hydrogen-bond donors (Lipinski definition) is 0. The van der Waals surface area contributed by atoms with Gasteiger partial charge in [0.2, 0.25) is 0 Å². The monoisotopic (exact) mass is 246 g/mol. The summed E-state index contributed by atoms with van der Waals surface area (Å²) in [5.41, 5.74) is 1.20. The molecule has 0 aliphatic carbocycles. The fraction of sp³-hybridized carbons (Fsp3) is 0.438. The molecule has 0 aliphatic rings. The molecule has 18 heavy (non-hydrogen) atoms. The first-order valence-electron chi connectivity index (χ1n) is 6.54. The molecule has 0 saturated heterocycles. The lowest BCUT2D eigenvalue weighted by Crippen LogP contribution is -2.03. The zero-order chi connectivity index (χ0) is 13.1. The predicted molar refractivity (Wildman–Crippen MR) is 74.3 cm³/mol. The van der Waals surface area contributed by atoms with E-state index in [9.17, 15) is 4.79 Å². The van der Waals surface area contributed by atoms with E-state index in [0.29, 0.717) is 18.9 Å². The zero-order valence-corrected chi connectivity index (χ0v) is 10.9. The van der Waals surface area contributed by atoms with Crippen molar-refractivity contribution in [3.8, 4) is 0 Å². The molecule has 2 nitrogen and oxygen atoms in total. The van der Waals surface area contributed by atoms with Gasteiger partial charge in [-0.3, -0.25) is 0 Å². The van der Waals surface area contributed by atoms with Crippen molar-refractivity contribution in [3.63, 3.8) is 0 Å². The molecule has 0 bridgehead atoms. The van der Waals surface area contributed by atoms with Gasteiger partial charge in [0.25, 0.3) is 0 Å². The quantitative estimate of drug-likeness (QED) is 0.357. The van der Waals surface area contributed by atoms with Crippen LogP contribution < -0.4 is 0 Å². The number of rotatable bonds is 10. The number of aldehydes is 1. The molecular weight excluding hydrogens is 224 g/mol. The minimum Gasteiger partial charge on any atom is -0.377 e. The topological polar surface area (TPSA) is 26.3 Å². The molecule has 0 aromatic heterocycles. The fourth-order valence-electron chi connectivity index (χ4n) is 1.84. The molecule has 1 aromatic carbocycles. The smallest absolute Gasteiger partial charge is 0.119 e. The number of benzene rings is 1. The Balaban J connectivity index is 2.11. The zero-order valence-electron chi connectivity index (χ0n) is 10.9. The summed E-state index contributed by atoms with van der Waals surface area (Å²) in [6, 6.07) is 10.2. The molecule has 2 heteroatoms. The molecule has 0 amide bonds. The molecule has 1 atom stereocenters. The Kier molecular flexibility index (Phi) is 7.82. The van der Waals surface area contributed by atoms with E-state index in [4.69, 9.17) is 4.74 Å². The average Bonchev–Trinajstić information content (AvgIpc) is 2.43. The Bertz CT molecular complexity index is 332. The summed E-state index contributed by atoms with van der Waals surface area (Å²) in [5, 5.41) is 0. The van der Waals surface area contributed by atoms with Crippen LogP contribution in [-0.2, 0) is 16.1 Å². The summed E-state index contributed by atoms with van der Waals surface area (Å²) in [4.78, 5) is 10.2. The average molecular weight is 246 g/mol. The second-order valence-corrected chi connectivity index (χ2v) is 4.42. The second kappa shape index (κ2) is 9.60. The Morgan fingerprint density at radius 3 is 2.67 bits per heavy atom. The third kappa shape index (κ3) is 6.36. The van der Waals surface area contributed by atoms with Crippen molar-refractivity contribution in [2.45, 2.75) is 32.3 Å². The van der Waals surface area contributed by atoms with E-state index in [-0.39, 0.29) is 0 Å². The van der Waals surface area contributed by atoms with Crippen LogP contribution in [0, 0.1) is 5.92 Å². The number of carbonyl (C=O) groups excluding carboxylic acids is 1. The van der Waals surface area contributed by atoms with Gasteiger partial charge in [0.15, 0.2) is 0 Å². The minimum atomic E-state index is 0.459. The Hall–Kier alpha value is -1.41. The summed E-state index contributed by atoms with van der Waals surface area (Å²) in [7, 11) is 0. The number of allylic oxidation sites excluding steroid dienone is 1. The Morgan fingerprint density at radius 2 is 2.00 bits per heavy atom. The van der Waals surface area contributed by atoms with Gasteiger partial charge in [-0.1, -0.05) is 36.4 Å². The van der Waals surface area contributed by atoms with Crippen LogP contribution in [0.3, 0.4) is 0 Å². The molecule has 0 saturated carbocycles. The van der Waals surface area contributed by atoms with E-state index in [1.807, 2.05) is 24.3 Å². The lowest BCUT2D eigenvalue weighted by Gasteiger charge is -2.11. The summed E-state index contributed by atoms with van der Waals surface area (Å²) in [6.45, 7) is 5.24. The number of carbonyl (C=O) groups is 1. The summed E-state index contributed by atoms with van der Waals surface area (Å²) < 4.78 is 5.64. The highest BCUT2D eigenvalue weighted by Crippen LogP contribution is 2.14. The van der Waals surface area contributed by atoms with Crippen LogP contribution in [0.25, 0.3) is 0 Å². The maximum atomic E-state index is 10.2. The van der Waals surface area contributed by atoms with Crippen molar-refractivity contribution in [1.82, 2.24) is 0 Å². The third-order valence-electron chi connectivity index (χ3n) is 2.97. The Labute approximate surface area is 110 Å². The molecule has 1 aromatic rings. The minimum absolute atomic E-state index is 0.459. The third-order valence-corrected chi connectivity index (χ3v) is 2.97. The van der Waals surface area contributed by atoms with Gasteiger partial charge in [-0.15, -0.1) is 6.58 Å². The number of hydrogen-bond acceptors (Lipinski definition) is 2. The van der Waals surface area contributed by atoms with Crippen molar-refractivity contribution < 1.29 is 9.53 Å². The van der Waals surface area contributed by atoms with Gasteiger partial charge in [0.1, 0.15) is 6.29 Å². The first-order valence-corrected chi connectivity index (χ1v) is 6.54. The maximum Gasteiger partial charge on any atom is 0.119 e. The van der Waals surface area contributed by atoms with Gasteiger partial charge >= 0.3 is 0 Å². The van der Waals surface area contributed by atoms with E-state index in [2.05, 4.69) is 18.7 Å². The predicted octanol–water partition coefficient (Wildman–Crippen LogP) is 3.76. The van der Waals surface area contributed by atoms with Gasteiger partial charge in [-0.2, -0.15) is 0 Å². The van der Waals surface area contributed by atoms with Crippen LogP contribution in [0.4, 0.5) is 0 Å². The van der Waals surface area contributed by atoms with Gasteiger partial charge in [0.05, 0.1) is 6.61 Å². The molecule has 0 fully saturated rings. The number of unbranched alkanes of at least 4 members (excludes halogenated alkanes) is 1. The van der Waals surface area contributed by atoms with Gasteiger partial charge in [-0.25, -0.2) is 0 Å². The Morgan fingerprint density at radius 1 is 1.22 bits per heavy atom. The molecule has 0 N–H and O–H groups in total. The van der Waals surface area contributed by atoms with Gasteiger partial charge in [-0.05, 0) is 30.7 Å². The fourth-order valence-corrected chi connectivity index (χ4v) is 1.84. The van der Waals surface area contributed by atoms with Crippen molar-refractivity contribution in [2.24, 2.45) is 5.92 Å². The molecule has 1 unspecified atom stereocenters. The highest BCUT2D eigenvalue weighted by Gasteiger charge is 2.04. The van der Waals surface area contributed by atoms with Crippen LogP contribution in [-0.4, -0.2) is 12.9 Å². The SMILES string of the molecule is C=CC(CCCC=O)CCOCc1ccccc1. The first-order chi connectivity index (χ1) is 8.86. The largest absolute Gasteiger partial charge is 0.377 e. The molecular formula is C16H22O2. The van der Waals surface area contributed by atoms with Crippen LogP contribution in [0.5, 0.6) is 0 Å². The second-order valence-electron chi connectivity index (χ2n) is 4.42. The van der Waals surface area contributed by atoms with Crippen molar-refractivity contribution >= 4 is 6.29 Å². The molecule has 0 radical (unpaired) electrons. The lowest BCUT2D eigenvalue weighted by molar-refractivity contribution is -0.107. The van der Waals surface area contributed by atoms with Crippen LogP contribution in [0.15, 0.2) is 43.0 Å². The lowest BCUT2D eigenvalue weighted by atomic mass is 9.99. The van der Waals surface area contributed by atoms with E-state index >= 15 is 0 Å². The van der Waals surface area contributed by atoms with E-state index in [0.717, 1.165) is 32.2 Å². The van der Waals surface area contributed by atoms with Gasteiger partial charge < -0.3 is 9.53 Å². The van der Waals surface area contributed by atoms with Gasteiger partial charge in [0, 0.05) is 13.0 Å². The van der Waals surface area contributed by atoms with Crippen molar-refractivity contribution in [1.29, 1.82) is 0 Å². The first kappa shape index (κ1) is 14.7. The molecule has 0 spiro atoms. The normalized spacial score (nSPS) is 12.0. The van der Waals surface area contributed by atoms with Crippen molar-refractivity contribution in [3.05, 3.63) is 48.6 Å². The van der Waals surface area contributed by atoms with Crippen LogP contribution >= 0.6 is 0 Å². The maximum absolute atomic E-state index is 10.2. The summed E-state index contributed by atoms with van der Waals surface area (Å²) >= 11 is 0. The van der Waals surface area contributed by atoms with Crippen LogP contribution in [0.1, 0.15) is 31.2 Å². The van der Waals surface area contributed by atoms with E-state index in [1.165, 1.54) is 5.56 Å². The number of ether oxygens (including phenoxy) is 1. The molecule has 0 heterocycles. The molecule has 98 valence electrons. The van der Waals surface area contributed by atoms with E-state index < -0.39 is 0 Å². The van der Waals surface area contributed by atoms with E-state index in [1.54, 1.807) is 0 Å².